The molecule has 9 heteroatoms. The molecule has 5 aromatic rings. The third-order valence-corrected chi connectivity index (χ3v) is 8.18. The number of methoxy groups -OCH3 is 2. The molecule has 0 aliphatic carbocycles. The zero-order valence-electron chi connectivity index (χ0n) is 20.7. The minimum atomic E-state index is -3.96. The number of ether oxygens (including phenoxy) is 2. The molecule has 1 aromatic heterocycles. The number of aromatic amines is 1. The number of halogens is 1. The van der Waals surface area contributed by atoms with Crippen molar-refractivity contribution in [2.45, 2.75) is 11.3 Å². The van der Waals surface area contributed by atoms with E-state index in [1.165, 1.54) is 13.2 Å². The maximum Gasteiger partial charge on any atom is 0.338 e. The van der Waals surface area contributed by atoms with E-state index in [0.717, 1.165) is 22.9 Å². The quantitative estimate of drug-likeness (QED) is 0.218. The number of sulfonamides is 1. The van der Waals surface area contributed by atoms with Crippen LogP contribution in [-0.2, 0) is 25.9 Å². The molecular weight excluding hydrogens is 524 g/mol. The number of esters is 1. The molecule has 5 rings (SSSR count). The van der Waals surface area contributed by atoms with E-state index < -0.39 is 16.0 Å². The SMILES string of the molecule is COCCc1ccc(-c2[nH]c3cc(S(=O)(=O)Nc4ccc(C(=O)OC)c5ccccc45)ccc3c2Cl)cc1. The second kappa shape index (κ2) is 10.5. The fraction of sp³-hybridized carbons (Fsp3) is 0.138. The molecule has 194 valence electrons. The van der Waals surface area contributed by atoms with Crippen molar-refractivity contribution in [1.82, 2.24) is 4.98 Å². The van der Waals surface area contributed by atoms with Crippen LogP contribution in [0.5, 0.6) is 0 Å². The summed E-state index contributed by atoms with van der Waals surface area (Å²) >= 11 is 6.68. The second-order valence-corrected chi connectivity index (χ2v) is 10.8. The molecule has 7 nitrogen and oxygen atoms in total. The van der Waals surface area contributed by atoms with E-state index in [1.54, 1.807) is 55.6 Å². The summed E-state index contributed by atoms with van der Waals surface area (Å²) in [6.45, 7) is 0.642. The minimum absolute atomic E-state index is 0.0745. The van der Waals surface area contributed by atoms with Crippen molar-refractivity contribution in [1.29, 1.82) is 0 Å². The summed E-state index contributed by atoms with van der Waals surface area (Å²) in [5.74, 6) is -0.495. The summed E-state index contributed by atoms with van der Waals surface area (Å²) in [5.41, 5.74) is 4.07. The number of hydrogen-bond donors (Lipinski definition) is 2. The van der Waals surface area contributed by atoms with Gasteiger partial charge in [-0.25, -0.2) is 13.2 Å². The van der Waals surface area contributed by atoms with Gasteiger partial charge in [-0.3, -0.25) is 4.72 Å². The van der Waals surface area contributed by atoms with Crippen LogP contribution in [0.3, 0.4) is 0 Å². The first-order chi connectivity index (χ1) is 18.3. The van der Waals surface area contributed by atoms with Gasteiger partial charge in [0, 0.05) is 23.4 Å². The fourth-order valence-corrected chi connectivity index (χ4v) is 5.87. The number of benzene rings is 4. The van der Waals surface area contributed by atoms with Crippen LogP contribution in [0.15, 0.2) is 83.8 Å². The first-order valence-electron chi connectivity index (χ1n) is 11.8. The zero-order chi connectivity index (χ0) is 26.9. The van der Waals surface area contributed by atoms with Crippen LogP contribution in [0.25, 0.3) is 32.9 Å². The smallest absolute Gasteiger partial charge is 0.338 e. The number of anilines is 1. The van der Waals surface area contributed by atoms with Gasteiger partial charge in [-0.1, -0.05) is 60.1 Å². The average Bonchev–Trinajstić information content (AvgIpc) is 3.27. The fourth-order valence-electron chi connectivity index (χ4n) is 4.45. The Morgan fingerprint density at radius 2 is 1.66 bits per heavy atom. The van der Waals surface area contributed by atoms with E-state index in [4.69, 9.17) is 21.1 Å². The van der Waals surface area contributed by atoms with E-state index in [2.05, 4.69) is 9.71 Å². The van der Waals surface area contributed by atoms with E-state index in [0.29, 0.717) is 44.9 Å². The van der Waals surface area contributed by atoms with E-state index in [-0.39, 0.29) is 4.90 Å². The summed E-state index contributed by atoms with van der Waals surface area (Å²) in [4.78, 5) is 15.5. The lowest BCUT2D eigenvalue weighted by Crippen LogP contribution is -2.13. The zero-order valence-corrected chi connectivity index (χ0v) is 22.3. The molecule has 0 aliphatic heterocycles. The number of H-pyrrole nitrogens is 1. The summed E-state index contributed by atoms with van der Waals surface area (Å²) in [7, 11) is -0.981. The lowest BCUT2D eigenvalue weighted by molar-refractivity contribution is 0.0603. The van der Waals surface area contributed by atoms with Gasteiger partial charge >= 0.3 is 5.97 Å². The highest BCUT2D eigenvalue weighted by Crippen LogP contribution is 2.36. The summed E-state index contributed by atoms with van der Waals surface area (Å²) in [6, 6.07) is 22.9. The number of carbonyl (C=O) groups excluding carboxylic acids is 1. The molecule has 38 heavy (non-hydrogen) atoms. The van der Waals surface area contributed by atoms with E-state index in [1.807, 2.05) is 24.3 Å². The van der Waals surface area contributed by atoms with Crippen LogP contribution in [0, 0.1) is 0 Å². The Bertz CT molecular complexity index is 1760. The molecule has 0 saturated heterocycles. The highest BCUT2D eigenvalue weighted by Gasteiger charge is 2.20. The van der Waals surface area contributed by atoms with Gasteiger partial charge in [0.25, 0.3) is 10.0 Å². The van der Waals surface area contributed by atoms with Gasteiger partial charge < -0.3 is 14.5 Å². The molecule has 4 aromatic carbocycles. The summed E-state index contributed by atoms with van der Waals surface area (Å²) < 4.78 is 39.4. The highest BCUT2D eigenvalue weighted by atomic mass is 35.5. The number of hydrogen-bond acceptors (Lipinski definition) is 5. The average molecular weight is 549 g/mol. The van der Waals surface area contributed by atoms with Crippen LogP contribution in [0.2, 0.25) is 5.02 Å². The summed E-state index contributed by atoms with van der Waals surface area (Å²) in [6.07, 6.45) is 0.812. The van der Waals surface area contributed by atoms with Crippen LogP contribution in [0.1, 0.15) is 15.9 Å². The molecule has 0 amide bonds. The normalized spacial score (nSPS) is 11.7. The molecule has 0 spiro atoms. The molecule has 0 saturated carbocycles. The van der Waals surface area contributed by atoms with Gasteiger partial charge in [-0.15, -0.1) is 0 Å². The monoisotopic (exact) mass is 548 g/mol. The number of carbonyl (C=O) groups is 1. The molecule has 0 unspecified atom stereocenters. The number of rotatable bonds is 8. The van der Waals surface area contributed by atoms with Crippen molar-refractivity contribution in [2.24, 2.45) is 0 Å². The molecule has 1 heterocycles. The molecule has 0 fully saturated rings. The predicted octanol–water partition coefficient (Wildman–Crippen LogP) is 6.42. The van der Waals surface area contributed by atoms with Gasteiger partial charge in [0.1, 0.15) is 0 Å². The van der Waals surface area contributed by atoms with E-state index >= 15 is 0 Å². The molecule has 0 atom stereocenters. The molecule has 2 N–H and O–H groups in total. The third-order valence-electron chi connectivity index (χ3n) is 6.43. The largest absolute Gasteiger partial charge is 0.465 e. The maximum absolute atomic E-state index is 13.4. The van der Waals surface area contributed by atoms with Crippen molar-refractivity contribution in [2.75, 3.05) is 25.5 Å². The Balaban J connectivity index is 1.48. The van der Waals surface area contributed by atoms with Gasteiger partial charge in [0.15, 0.2) is 0 Å². The lowest BCUT2D eigenvalue weighted by Gasteiger charge is -2.13. The third kappa shape index (κ3) is 4.86. The van der Waals surface area contributed by atoms with Crippen molar-refractivity contribution < 1.29 is 22.7 Å². The van der Waals surface area contributed by atoms with Gasteiger partial charge in [-0.05, 0) is 53.3 Å². The van der Waals surface area contributed by atoms with Gasteiger partial charge in [-0.2, -0.15) is 0 Å². The van der Waals surface area contributed by atoms with Crippen LogP contribution >= 0.6 is 11.6 Å². The Hall–Kier alpha value is -3.85. The standard InChI is InChI=1S/C29H25ClN2O5S/c1-36-16-15-18-7-9-19(10-8-18)28-27(30)24-12-11-20(17-26(24)31-28)38(34,35)32-25-14-13-23(29(33)37-2)21-5-3-4-6-22(21)25/h3-14,17,31-32H,15-16H2,1-2H3. The van der Waals surface area contributed by atoms with Gasteiger partial charge in [0.2, 0.25) is 0 Å². The molecule has 0 aliphatic rings. The van der Waals surface area contributed by atoms with Crippen molar-refractivity contribution in [3.05, 3.63) is 95.0 Å². The first-order valence-corrected chi connectivity index (χ1v) is 13.7. The lowest BCUT2D eigenvalue weighted by atomic mass is 10.0. The highest BCUT2D eigenvalue weighted by molar-refractivity contribution is 7.92. The molecule has 0 bridgehead atoms. The second-order valence-electron chi connectivity index (χ2n) is 8.76. The number of fused-ring (bicyclic) bond motifs is 2. The maximum atomic E-state index is 13.4. The van der Waals surface area contributed by atoms with Crippen molar-refractivity contribution in [3.8, 4) is 11.3 Å². The number of aromatic nitrogens is 1. The Labute approximate surface area is 225 Å². The van der Waals surface area contributed by atoms with E-state index in [9.17, 15) is 13.2 Å². The van der Waals surface area contributed by atoms with Crippen molar-refractivity contribution >= 4 is 55.0 Å². The first kappa shape index (κ1) is 25.8. The predicted molar refractivity (Wildman–Crippen MR) is 150 cm³/mol. The molecule has 0 radical (unpaired) electrons. The topological polar surface area (TPSA) is 97.5 Å². The van der Waals surface area contributed by atoms with Crippen LogP contribution in [0.4, 0.5) is 5.69 Å². The van der Waals surface area contributed by atoms with Crippen molar-refractivity contribution in [3.63, 3.8) is 0 Å². The Morgan fingerprint density at radius 3 is 2.37 bits per heavy atom. The van der Waals surface area contributed by atoms with Crippen LogP contribution < -0.4 is 4.72 Å². The Morgan fingerprint density at radius 1 is 0.921 bits per heavy atom. The molecular formula is C29H25ClN2O5S. The van der Waals surface area contributed by atoms with Crippen LogP contribution in [-0.4, -0.2) is 40.2 Å². The minimum Gasteiger partial charge on any atom is -0.465 e. The number of nitrogens with one attached hydrogen (secondary N) is 2. The Kier molecular flexibility index (Phi) is 7.12. The summed E-state index contributed by atoms with van der Waals surface area (Å²) in [5, 5.41) is 2.41. The van der Waals surface area contributed by atoms with Gasteiger partial charge in [0.05, 0.1) is 40.6 Å².